The van der Waals surface area contributed by atoms with Gasteiger partial charge < -0.3 is 20.4 Å². The van der Waals surface area contributed by atoms with E-state index in [1.807, 2.05) is 11.8 Å². The summed E-state index contributed by atoms with van der Waals surface area (Å²) in [7, 11) is 4.25. The highest BCUT2D eigenvalue weighted by Crippen LogP contribution is 2.16. The van der Waals surface area contributed by atoms with Crippen LogP contribution in [-0.4, -0.2) is 86.6 Å². The van der Waals surface area contributed by atoms with Gasteiger partial charge in [0.25, 0.3) is 0 Å². The first-order valence-corrected chi connectivity index (χ1v) is 9.74. The first-order valence-electron chi connectivity index (χ1n) is 8.58. The van der Waals surface area contributed by atoms with Crippen molar-refractivity contribution < 1.29 is 4.79 Å². The molecule has 2 N–H and O–H groups in total. The molecule has 2 saturated heterocycles. The van der Waals surface area contributed by atoms with E-state index in [4.69, 9.17) is 0 Å². The minimum absolute atomic E-state index is 0.218. The minimum atomic E-state index is 0.218. The fraction of sp³-hybridized carbons (Fsp3) is 0.938. The average Bonchev–Trinajstić information content (AvgIpc) is 2.53. The van der Waals surface area contributed by atoms with Crippen LogP contribution in [0.2, 0.25) is 0 Å². The molecule has 0 aromatic rings. The molecule has 2 heterocycles. The SMILES string of the molecule is CN(C)CCN1CCC(CNC(=O)CC2CSCCN2)CC1. The van der Waals surface area contributed by atoms with Crippen molar-refractivity contribution in [3.05, 3.63) is 0 Å². The highest BCUT2D eigenvalue weighted by atomic mass is 32.2. The van der Waals surface area contributed by atoms with Crippen LogP contribution in [0.4, 0.5) is 0 Å². The van der Waals surface area contributed by atoms with E-state index in [0.717, 1.165) is 31.9 Å². The zero-order valence-electron chi connectivity index (χ0n) is 14.1. The molecule has 2 rings (SSSR count). The number of thioether (sulfide) groups is 1. The molecule has 6 heteroatoms. The van der Waals surface area contributed by atoms with Gasteiger partial charge in [-0.2, -0.15) is 11.8 Å². The van der Waals surface area contributed by atoms with Crippen LogP contribution in [0.15, 0.2) is 0 Å². The molecular formula is C16H32N4OS. The van der Waals surface area contributed by atoms with E-state index in [1.165, 1.54) is 31.7 Å². The number of likely N-dealkylation sites (tertiary alicyclic amines) is 1. The molecule has 128 valence electrons. The summed E-state index contributed by atoms with van der Waals surface area (Å²) in [6, 6.07) is 0.367. The second-order valence-electron chi connectivity index (χ2n) is 6.82. The van der Waals surface area contributed by atoms with Gasteiger partial charge in [-0.1, -0.05) is 0 Å². The third-order valence-electron chi connectivity index (χ3n) is 4.59. The molecule has 0 spiro atoms. The van der Waals surface area contributed by atoms with Gasteiger partial charge in [0, 0.05) is 50.1 Å². The van der Waals surface area contributed by atoms with Gasteiger partial charge >= 0.3 is 0 Å². The Labute approximate surface area is 139 Å². The lowest BCUT2D eigenvalue weighted by Gasteiger charge is -2.32. The summed E-state index contributed by atoms with van der Waals surface area (Å²) in [6.45, 7) is 6.55. The summed E-state index contributed by atoms with van der Waals surface area (Å²) in [4.78, 5) is 16.8. The number of carbonyl (C=O) groups is 1. The molecular weight excluding hydrogens is 296 g/mol. The van der Waals surface area contributed by atoms with Crippen LogP contribution in [0.25, 0.3) is 0 Å². The molecule has 0 aromatic heterocycles. The minimum Gasteiger partial charge on any atom is -0.356 e. The fourth-order valence-electron chi connectivity index (χ4n) is 3.06. The lowest BCUT2D eigenvalue weighted by Crippen LogP contribution is -2.43. The first-order chi connectivity index (χ1) is 10.6. The lowest BCUT2D eigenvalue weighted by atomic mass is 9.96. The normalized spacial score (nSPS) is 24.6. The Morgan fingerprint density at radius 1 is 1.36 bits per heavy atom. The van der Waals surface area contributed by atoms with Crippen LogP contribution in [-0.2, 0) is 4.79 Å². The third-order valence-corrected chi connectivity index (χ3v) is 5.72. The van der Waals surface area contributed by atoms with Gasteiger partial charge in [-0.25, -0.2) is 0 Å². The van der Waals surface area contributed by atoms with Crippen LogP contribution in [0.5, 0.6) is 0 Å². The van der Waals surface area contributed by atoms with Crippen molar-refractivity contribution in [3.8, 4) is 0 Å². The van der Waals surface area contributed by atoms with Crippen molar-refractivity contribution in [2.75, 3.05) is 64.9 Å². The second-order valence-corrected chi connectivity index (χ2v) is 7.97. The molecule has 0 bridgehead atoms. The number of nitrogens with one attached hydrogen (secondary N) is 2. The fourth-order valence-corrected chi connectivity index (χ4v) is 4.01. The Balaban J connectivity index is 1.55. The molecule has 0 radical (unpaired) electrons. The summed E-state index contributed by atoms with van der Waals surface area (Å²) in [5.41, 5.74) is 0. The molecule has 5 nitrogen and oxygen atoms in total. The van der Waals surface area contributed by atoms with Gasteiger partial charge in [0.15, 0.2) is 0 Å². The molecule has 1 amide bonds. The molecule has 0 aliphatic carbocycles. The second kappa shape index (κ2) is 9.75. The Kier molecular flexibility index (Phi) is 8.00. The van der Waals surface area contributed by atoms with Gasteiger partial charge in [0.05, 0.1) is 0 Å². The maximum Gasteiger partial charge on any atom is 0.221 e. The number of amides is 1. The molecule has 0 aromatic carbocycles. The first kappa shape index (κ1) is 18.0. The molecule has 2 aliphatic rings. The molecule has 0 saturated carbocycles. The van der Waals surface area contributed by atoms with Crippen molar-refractivity contribution in [2.45, 2.75) is 25.3 Å². The van der Waals surface area contributed by atoms with Crippen molar-refractivity contribution in [3.63, 3.8) is 0 Å². The summed E-state index contributed by atoms with van der Waals surface area (Å²) in [5.74, 6) is 3.12. The van der Waals surface area contributed by atoms with E-state index in [-0.39, 0.29) is 5.91 Å². The highest BCUT2D eigenvalue weighted by Gasteiger charge is 2.21. The molecule has 2 aliphatic heterocycles. The standard InChI is InChI=1S/C16H32N4OS/c1-19(2)8-9-20-6-3-14(4-7-20)12-18-16(21)11-15-13-22-10-5-17-15/h14-15,17H,3-13H2,1-2H3,(H,18,21). The summed E-state index contributed by atoms with van der Waals surface area (Å²) >= 11 is 1.95. The van der Waals surface area contributed by atoms with Crippen LogP contribution < -0.4 is 10.6 Å². The molecule has 22 heavy (non-hydrogen) atoms. The van der Waals surface area contributed by atoms with Crippen LogP contribution in [0, 0.1) is 5.92 Å². The molecule has 2 fully saturated rings. The Bertz CT molecular complexity index is 326. The summed E-state index contributed by atoms with van der Waals surface area (Å²) < 4.78 is 0. The number of rotatable bonds is 7. The zero-order valence-corrected chi connectivity index (χ0v) is 15.0. The number of hydrogen-bond donors (Lipinski definition) is 2. The van der Waals surface area contributed by atoms with E-state index in [1.54, 1.807) is 0 Å². The average molecular weight is 329 g/mol. The zero-order chi connectivity index (χ0) is 15.8. The maximum atomic E-state index is 12.0. The number of likely N-dealkylation sites (N-methyl/N-ethyl adjacent to an activating group) is 1. The molecule has 1 atom stereocenters. The van der Waals surface area contributed by atoms with Crippen LogP contribution in [0.1, 0.15) is 19.3 Å². The summed E-state index contributed by atoms with van der Waals surface area (Å²) in [5, 5.41) is 6.57. The van der Waals surface area contributed by atoms with Crippen molar-refractivity contribution in [2.24, 2.45) is 5.92 Å². The number of nitrogens with zero attached hydrogens (tertiary/aromatic N) is 2. The Morgan fingerprint density at radius 2 is 2.14 bits per heavy atom. The van der Waals surface area contributed by atoms with Gasteiger partial charge in [0.2, 0.25) is 5.91 Å². The van der Waals surface area contributed by atoms with Gasteiger partial charge in [-0.05, 0) is 45.9 Å². The number of hydrogen-bond acceptors (Lipinski definition) is 5. The van der Waals surface area contributed by atoms with E-state index < -0.39 is 0 Å². The van der Waals surface area contributed by atoms with Crippen molar-refractivity contribution >= 4 is 17.7 Å². The van der Waals surface area contributed by atoms with Crippen LogP contribution in [0.3, 0.4) is 0 Å². The maximum absolute atomic E-state index is 12.0. The Hall–Kier alpha value is -0.300. The van der Waals surface area contributed by atoms with Gasteiger partial charge in [-0.15, -0.1) is 0 Å². The topological polar surface area (TPSA) is 47.6 Å². The van der Waals surface area contributed by atoms with Crippen LogP contribution >= 0.6 is 11.8 Å². The smallest absolute Gasteiger partial charge is 0.221 e. The van der Waals surface area contributed by atoms with E-state index in [2.05, 4.69) is 34.5 Å². The van der Waals surface area contributed by atoms with E-state index in [0.29, 0.717) is 18.4 Å². The predicted molar refractivity (Wildman–Crippen MR) is 94.5 cm³/mol. The Morgan fingerprint density at radius 3 is 2.77 bits per heavy atom. The van der Waals surface area contributed by atoms with E-state index >= 15 is 0 Å². The summed E-state index contributed by atoms with van der Waals surface area (Å²) in [6.07, 6.45) is 3.06. The van der Waals surface area contributed by atoms with Gasteiger partial charge in [0.1, 0.15) is 0 Å². The van der Waals surface area contributed by atoms with Crippen molar-refractivity contribution in [1.29, 1.82) is 0 Å². The van der Waals surface area contributed by atoms with Crippen molar-refractivity contribution in [1.82, 2.24) is 20.4 Å². The predicted octanol–water partition coefficient (Wildman–Crippen LogP) is 0.471. The van der Waals surface area contributed by atoms with Gasteiger partial charge in [-0.3, -0.25) is 4.79 Å². The largest absolute Gasteiger partial charge is 0.356 e. The molecule has 1 unspecified atom stereocenters. The number of carbonyl (C=O) groups excluding carboxylic acids is 1. The monoisotopic (exact) mass is 328 g/mol. The quantitative estimate of drug-likeness (QED) is 0.711. The number of piperidine rings is 1. The lowest BCUT2D eigenvalue weighted by molar-refractivity contribution is -0.121. The van der Waals surface area contributed by atoms with E-state index in [9.17, 15) is 4.79 Å². The highest BCUT2D eigenvalue weighted by molar-refractivity contribution is 7.99. The third kappa shape index (κ3) is 6.86.